The van der Waals surface area contributed by atoms with Gasteiger partial charge in [-0.2, -0.15) is 0 Å². The molecule has 0 bridgehead atoms. The lowest BCUT2D eigenvalue weighted by Crippen LogP contribution is -2.30. The molecule has 2 N–H and O–H groups in total. The first-order valence-corrected chi connectivity index (χ1v) is 10.6. The molecule has 4 rings (SSSR count). The molecular weight excluding hydrogens is 455 g/mol. The van der Waals surface area contributed by atoms with Gasteiger partial charge in [0.05, 0.1) is 19.2 Å². The number of ether oxygens (including phenoxy) is 2. The number of carboxylic acids is 1. The summed E-state index contributed by atoms with van der Waals surface area (Å²) in [5, 5.41) is 11.8. The summed E-state index contributed by atoms with van der Waals surface area (Å²) < 4.78 is 24.5. The van der Waals surface area contributed by atoms with Gasteiger partial charge < -0.3 is 19.9 Å². The van der Waals surface area contributed by atoms with Crippen LogP contribution in [0.2, 0.25) is 0 Å². The Balaban J connectivity index is 1.58. The van der Waals surface area contributed by atoms with Gasteiger partial charge in [-0.25, -0.2) is 14.0 Å². The summed E-state index contributed by atoms with van der Waals surface area (Å²) >= 11 is 0. The fraction of sp³-hybridized carbons (Fsp3) is 0.115. The summed E-state index contributed by atoms with van der Waals surface area (Å²) in [6, 6.07) is 16.4. The number of halogens is 1. The molecule has 1 heterocycles. The zero-order chi connectivity index (χ0) is 24.9. The van der Waals surface area contributed by atoms with Crippen LogP contribution < -0.4 is 14.8 Å². The first kappa shape index (κ1) is 23.5. The highest BCUT2D eigenvalue weighted by Crippen LogP contribution is 2.34. The van der Waals surface area contributed by atoms with E-state index in [-0.39, 0.29) is 24.4 Å². The number of hydrogen-bond donors (Lipinski definition) is 2. The monoisotopic (exact) mass is 476 g/mol. The summed E-state index contributed by atoms with van der Waals surface area (Å²) in [4.78, 5) is 37.6. The predicted molar refractivity (Wildman–Crippen MR) is 124 cm³/mol. The van der Waals surface area contributed by atoms with Crippen molar-refractivity contribution in [1.82, 2.24) is 10.2 Å². The first-order valence-electron chi connectivity index (χ1n) is 10.6. The third-order valence-corrected chi connectivity index (χ3v) is 5.30. The molecule has 0 saturated carbocycles. The molecule has 8 nitrogen and oxygen atoms in total. The molecule has 1 aliphatic rings. The van der Waals surface area contributed by atoms with Crippen molar-refractivity contribution < 1.29 is 33.4 Å². The highest BCUT2D eigenvalue weighted by molar-refractivity contribution is 6.14. The molecule has 1 aliphatic heterocycles. The lowest BCUT2D eigenvalue weighted by Gasteiger charge is -2.14. The number of nitrogens with zero attached hydrogens (tertiary/aromatic N) is 1. The van der Waals surface area contributed by atoms with Crippen LogP contribution in [0, 0.1) is 5.82 Å². The van der Waals surface area contributed by atoms with E-state index in [0.717, 1.165) is 4.90 Å². The number of amides is 3. The molecule has 0 atom stereocenters. The molecule has 1 saturated heterocycles. The zero-order valence-electron chi connectivity index (χ0n) is 18.7. The number of methoxy groups -OCH3 is 1. The Morgan fingerprint density at radius 2 is 1.80 bits per heavy atom. The Morgan fingerprint density at radius 3 is 2.51 bits per heavy atom. The summed E-state index contributed by atoms with van der Waals surface area (Å²) in [5.74, 6) is -1.28. The van der Waals surface area contributed by atoms with Crippen LogP contribution in [0.15, 0.2) is 72.4 Å². The van der Waals surface area contributed by atoms with E-state index in [1.807, 2.05) is 0 Å². The maximum atomic E-state index is 13.2. The lowest BCUT2D eigenvalue weighted by molar-refractivity contribution is -0.123. The quantitative estimate of drug-likeness (QED) is 0.373. The first-order chi connectivity index (χ1) is 16.9. The fourth-order valence-corrected chi connectivity index (χ4v) is 3.55. The minimum Gasteiger partial charge on any atom is -0.493 e. The van der Waals surface area contributed by atoms with Crippen LogP contribution in [0.25, 0.3) is 6.08 Å². The minimum absolute atomic E-state index is 0.0102. The van der Waals surface area contributed by atoms with Gasteiger partial charge in [0.15, 0.2) is 11.5 Å². The Kier molecular flexibility index (Phi) is 6.77. The van der Waals surface area contributed by atoms with E-state index in [1.54, 1.807) is 30.3 Å². The SMILES string of the molecule is COc1cccc(C=C2NC(=O)N(Cc3ccc(F)cc3)C2=O)c1OCc1cccc(C(=O)O)c1. The van der Waals surface area contributed by atoms with Crippen molar-refractivity contribution in [3.63, 3.8) is 0 Å². The third-order valence-electron chi connectivity index (χ3n) is 5.30. The topological polar surface area (TPSA) is 105 Å². The fourth-order valence-electron chi connectivity index (χ4n) is 3.55. The van der Waals surface area contributed by atoms with Crippen molar-refractivity contribution in [2.45, 2.75) is 13.2 Å². The van der Waals surface area contributed by atoms with Gasteiger partial charge in [-0.1, -0.05) is 36.4 Å². The van der Waals surface area contributed by atoms with Gasteiger partial charge in [0, 0.05) is 5.56 Å². The Bertz CT molecular complexity index is 1320. The van der Waals surface area contributed by atoms with Gasteiger partial charge in [-0.15, -0.1) is 0 Å². The minimum atomic E-state index is -1.05. The summed E-state index contributed by atoms with van der Waals surface area (Å²) in [7, 11) is 1.47. The van der Waals surface area contributed by atoms with Crippen molar-refractivity contribution in [1.29, 1.82) is 0 Å². The van der Waals surface area contributed by atoms with Crippen LogP contribution in [0.5, 0.6) is 11.5 Å². The second-order valence-electron chi connectivity index (χ2n) is 7.68. The average molecular weight is 476 g/mol. The molecule has 1 fully saturated rings. The van der Waals surface area contributed by atoms with Crippen LogP contribution in [0.4, 0.5) is 9.18 Å². The number of aromatic carboxylic acids is 1. The smallest absolute Gasteiger partial charge is 0.335 e. The Hall–Kier alpha value is -4.66. The molecule has 178 valence electrons. The van der Waals surface area contributed by atoms with Crippen LogP contribution in [-0.2, 0) is 17.9 Å². The summed E-state index contributed by atoms with van der Waals surface area (Å²) in [5.41, 5.74) is 1.89. The van der Waals surface area contributed by atoms with Crippen molar-refractivity contribution in [3.8, 4) is 11.5 Å². The van der Waals surface area contributed by atoms with Crippen LogP contribution in [0.1, 0.15) is 27.0 Å². The number of hydrogen-bond acceptors (Lipinski definition) is 5. The second-order valence-corrected chi connectivity index (χ2v) is 7.68. The number of rotatable bonds is 8. The molecule has 35 heavy (non-hydrogen) atoms. The van der Waals surface area contributed by atoms with Gasteiger partial charge in [-0.05, 0) is 47.5 Å². The van der Waals surface area contributed by atoms with Crippen LogP contribution in [0.3, 0.4) is 0 Å². The average Bonchev–Trinajstić information content (AvgIpc) is 3.11. The molecule has 3 aromatic carbocycles. The van der Waals surface area contributed by atoms with Crippen LogP contribution >= 0.6 is 0 Å². The highest BCUT2D eigenvalue weighted by Gasteiger charge is 2.33. The number of para-hydroxylation sites is 1. The van der Waals surface area contributed by atoms with Gasteiger partial charge in [0.2, 0.25) is 0 Å². The van der Waals surface area contributed by atoms with E-state index >= 15 is 0 Å². The molecular formula is C26H21FN2O6. The molecule has 3 amide bonds. The van der Waals surface area contributed by atoms with E-state index in [1.165, 1.54) is 49.6 Å². The van der Waals surface area contributed by atoms with E-state index in [2.05, 4.69) is 5.32 Å². The van der Waals surface area contributed by atoms with Gasteiger partial charge in [0.1, 0.15) is 18.1 Å². The Morgan fingerprint density at radius 1 is 1.06 bits per heavy atom. The maximum absolute atomic E-state index is 13.2. The largest absolute Gasteiger partial charge is 0.493 e. The lowest BCUT2D eigenvalue weighted by atomic mass is 10.1. The third kappa shape index (κ3) is 5.30. The van der Waals surface area contributed by atoms with Gasteiger partial charge in [0.25, 0.3) is 5.91 Å². The molecule has 0 aliphatic carbocycles. The molecule has 0 spiro atoms. The standard InChI is InChI=1S/C26H21FN2O6/c1-34-22-7-3-5-18(23(22)35-15-17-4-2-6-19(12-17)25(31)32)13-21-24(30)29(26(33)28-21)14-16-8-10-20(27)11-9-16/h2-13H,14-15H2,1H3,(H,28,33)(H,31,32). The van der Waals surface area contributed by atoms with Gasteiger partial charge >= 0.3 is 12.0 Å². The number of carbonyl (C=O) groups excluding carboxylic acids is 2. The van der Waals surface area contributed by atoms with E-state index in [0.29, 0.717) is 28.2 Å². The summed E-state index contributed by atoms with van der Waals surface area (Å²) in [6.45, 7) is 0.0400. The Labute approximate surface area is 200 Å². The van der Waals surface area contributed by atoms with Crippen molar-refractivity contribution in [2.24, 2.45) is 0 Å². The number of benzene rings is 3. The number of urea groups is 1. The van der Waals surface area contributed by atoms with E-state index < -0.39 is 23.7 Å². The number of carboxylic acid groups (broad SMARTS) is 1. The zero-order valence-corrected chi connectivity index (χ0v) is 18.7. The highest BCUT2D eigenvalue weighted by atomic mass is 19.1. The second kappa shape index (κ2) is 10.1. The van der Waals surface area contributed by atoms with Crippen molar-refractivity contribution in [3.05, 3.63) is 100 Å². The van der Waals surface area contributed by atoms with Crippen molar-refractivity contribution in [2.75, 3.05) is 7.11 Å². The molecule has 0 aromatic heterocycles. The normalized spacial score (nSPS) is 14.2. The number of imide groups is 1. The molecule has 0 unspecified atom stereocenters. The molecule has 3 aromatic rings. The summed E-state index contributed by atoms with van der Waals surface area (Å²) in [6.07, 6.45) is 1.48. The van der Waals surface area contributed by atoms with Gasteiger partial charge in [-0.3, -0.25) is 9.69 Å². The number of nitrogens with one attached hydrogen (secondary N) is 1. The van der Waals surface area contributed by atoms with E-state index in [4.69, 9.17) is 9.47 Å². The maximum Gasteiger partial charge on any atom is 0.335 e. The predicted octanol–water partition coefficient (Wildman–Crippen LogP) is 4.20. The van der Waals surface area contributed by atoms with E-state index in [9.17, 15) is 23.9 Å². The van der Waals surface area contributed by atoms with Crippen LogP contribution in [-0.4, -0.2) is 35.0 Å². The number of carbonyl (C=O) groups is 3. The van der Waals surface area contributed by atoms with Crippen molar-refractivity contribution >= 4 is 24.0 Å². The molecule has 0 radical (unpaired) electrons. The molecule has 9 heteroatoms.